The summed E-state index contributed by atoms with van der Waals surface area (Å²) < 4.78 is 35.0. The second kappa shape index (κ2) is 40.2. The van der Waals surface area contributed by atoms with E-state index in [0.29, 0.717) is 24.1 Å². The molecule has 9 heteroatoms. The number of phosphoric acid groups is 1. The minimum Gasteiger partial charge on any atom is -0.457 e. The Kier molecular flexibility index (Phi) is 39.1. The van der Waals surface area contributed by atoms with E-state index in [1.807, 2.05) is 21.1 Å². The Hall–Kier alpha value is -1.54. The van der Waals surface area contributed by atoms with Crippen LogP contribution in [0, 0.1) is 0 Å². The molecular formula is C47H89NO7P+. The first-order chi connectivity index (χ1) is 27.1. The molecule has 2 atom stereocenters. The van der Waals surface area contributed by atoms with Gasteiger partial charge in [-0.3, -0.25) is 13.8 Å². The molecule has 0 saturated heterocycles. The molecule has 0 aromatic rings. The van der Waals surface area contributed by atoms with Gasteiger partial charge < -0.3 is 18.9 Å². The van der Waals surface area contributed by atoms with Gasteiger partial charge in [-0.2, -0.15) is 0 Å². The summed E-state index contributed by atoms with van der Waals surface area (Å²) in [7, 11) is 1.65. The second-order valence-electron chi connectivity index (χ2n) is 16.4. The Balaban J connectivity index is 4.22. The van der Waals surface area contributed by atoms with Gasteiger partial charge in [0.05, 0.1) is 34.4 Å². The van der Waals surface area contributed by atoms with Crippen molar-refractivity contribution in [1.29, 1.82) is 0 Å². The van der Waals surface area contributed by atoms with Crippen LogP contribution in [0.5, 0.6) is 0 Å². The highest BCUT2D eigenvalue weighted by molar-refractivity contribution is 7.47. The number of rotatable bonds is 42. The van der Waals surface area contributed by atoms with Crippen molar-refractivity contribution in [3.05, 3.63) is 48.6 Å². The molecule has 0 heterocycles. The SMILES string of the molecule is CC/C=C\C/C=C\C/C=C\CCCCCCCC(=O)OC(COCCCCCCCCCC/C=C\CCCCCCCCC)COP(=O)(O)OCC[N+](C)(C)C. The average Bonchev–Trinajstić information content (AvgIpc) is 3.15. The number of phosphoric ester groups is 1. The smallest absolute Gasteiger partial charge is 0.457 e. The summed E-state index contributed by atoms with van der Waals surface area (Å²) in [5.74, 6) is -0.332. The molecule has 0 aliphatic heterocycles. The average molecular weight is 811 g/mol. The zero-order chi connectivity index (χ0) is 41.3. The van der Waals surface area contributed by atoms with Crippen molar-refractivity contribution >= 4 is 13.8 Å². The number of quaternary nitrogens is 1. The van der Waals surface area contributed by atoms with Gasteiger partial charge in [-0.05, 0) is 70.6 Å². The number of likely N-dealkylation sites (N-methyl/N-ethyl adjacent to an activating group) is 1. The molecule has 0 spiro atoms. The van der Waals surface area contributed by atoms with E-state index in [1.54, 1.807) is 0 Å². The fourth-order valence-electron chi connectivity index (χ4n) is 6.09. The van der Waals surface area contributed by atoms with Crippen LogP contribution in [0.25, 0.3) is 0 Å². The highest BCUT2D eigenvalue weighted by Gasteiger charge is 2.26. The van der Waals surface area contributed by atoms with Crippen LogP contribution in [0.15, 0.2) is 48.6 Å². The highest BCUT2D eigenvalue weighted by Crippen LogP contribution is 2.43. The van der Waals surface area contributed by atoms with Crippen LogP contribution in [-0.4, -0.2) is 75.6 Å². The first-order valence-electron chi connectivity index (χ1n) is 22.9. The van der Waals surface area contributed by atoms with Crippen molar-refractivity contribution in [2.75, 3.05) is 54.1 Å². The largest absolute Gasteiger partial charge is 0.472 e. The molecule has 1 N–H and O–H groups in total. The predicted octanol–water partition coefficient (Wildman–Crippen LogP) is 13.6. The number of hydrogen-bond acceptors (Lipinski definition) is 6. The van der Waals surface area contributed by atoms with E-state index in [1.165, 1.54) is 96.3 Å². The lowest BCUT2D eigenvalue weighted by Gasteiger charge is -2.24. The minimum atomic E-state index is -4.28. The molecule has 0 rings (SSSR count). The van der Waals surface area contributed by atoms with Crippen molar-refractivity contribution < 1.29 is 37.3 Å². The van der Waals surface area contributed by atoms with E-state index in [-0.39, 0.29) is 25.8 Å². The third-order valence-corrected chi connectivity index (χ3v) is 10.6. The Morgan fingerprint density at radius 3 is 1.57 bits per heavy atom. The van der Waals surface area contributed by atoms with Gasteiger partial charge in [0.15, 0.2) is 0 Å². The normalized spacial score (nSPS) is 14.2. The number of unbranched alkanes of at least 4 members (excludes halogenated alkanes) is 20. The van der Waals surface area contributed by atoms with Crippen molar-refractivity contribution in [3.8, 4) is 0 Å². The number of esters is 1. The molecule has 0 aliphatic carbocycles. The number of nitrogens with zero attached hydrogens (tertiary/aromatic N) is 1. The summed E-state index contributed by atoms with van der Waals surface area (Å²) in [5, 5.41) is 0. The quantitative estimate of drug-likeness (QED) is 0.0216. The molecule has 0 aliphatic rings. The van der Waals surface area contributed by atoms with Crippen molar-refractivity contribution in [3.63, 3.8) is 0 Å². The standard InChI is InChI=1S/C47H88NO7P/c1-6-8-10-12-14-16-18-20-22-23-24-25-27-29-31-33-35-37-39-42-52-44-46(45-54-56(50,51)53-43-41-48(3,4)5)55-47(49)40-38-36-34-32-30-28-26-21-19-17-15-13-11-9-7-2/h9,11,15,17,21-23,26,46H,6-8,10,12-14,16,18-20,24-25,27-45H2,1-5H3/p+1/b11-9-,17-15-,23-22-,26-21-. The molecule has 0 fully saturated rings. The molecule has 328 valence electrons. The van der Waals surface area contributed by atoms with E-state index in [4.69, 9.17) is 18.5 Å². The molecule has 0 aromatic carbocycles. The lowest BCUT2D eigenvalue weighted by molar-refractivity contribution is -0.870. The molecule has 56 heavy (non-hydrogen) atoms. The maximum atomic E-state index is 12.7. The van der Waals surface area contributed by atoms with Crippen LogP contribution < -0.4 is 0 Å². The van der Waals surface area contributed by atoms with E-state index < -0.39 is 13.9 Å². The Morgan fingerprint density at radius 1 is 0.571 bits per heavy atom. The molecule has 8 nitrogen and oxygen atoms in total. The summed E-state index contributed by atoms with van der Waals surface area (Å²) in [6.45, 7) is 5.48. The summed E-state index contributed by atoms with van der Waals surface area (Å²) in [6.07, 6.45) is 48.6. The van der Waals surface area contributed by atoms with Gasteiger partial charge in [0, 0.05) is 13.0 Å². The van der Waals surface area contributed by atoms with Crippen LogP contribution >= 0.6 is 7.82 Å². The topological polar surface area (TPSA) is 91.3 Å². The molecule has 0 bridgehead atoms. The fourth-order valence-corrected chi connectivity index (χ4v) is 6.83. The van der Waals surface area contributed by atoms with E-state index in [0.717, 1.165) is 70.6 Å². The van der Waals surface area contributed by atoms with Crippen LogP contribution in [0.1, 0.15) is 187 Å². The van der Waals surface area contributed by atoms with Crippen LogP contribution in [0.4, 0.5) is 0 Å². The summed E-state index contributed by atoms with van der Waals surface area (Å²) in [5.41, 5.74) is 0. The van der Waals surface area contributed by atoms with Gasteiger partial charge in [0.25, 0.3) is 0 Å². The molecule has 2 unspecified atom stereocenters. The number of allylic oxidation sites excluding steroid dienone is 8. The third-order valence-electron chi connectivity index (χ3n) is 9.62. The number of ether oxygens (including phenoxy) is 2. The molecule has 0 aromatic heterocycles. The van der Waals surface area contributed by atoms with Crippen LogP contribution in [0.2, 0.25) is 0 Å². The summed E-state index contributed by atoms with van der Waals surface area (Å²) >= 11 is 0. The van der Waals surface area contributed by atoms with E-state index in [2.05, 4.69) is 62.5 Å². The fraction of sp³-hybridized carbons (Fsp3) is 0.809. The number of hydrogen-bond donors (Lipinski definition) is 1. The van der Waals surface area contributed by atoms with Gasteiger partial charge in [-0.1, -0.05) is 159 Å². The third kappa shape index (κ3) is 43.6. The molecule has 0 radical (unpaired) electrons. The Labute approximate surface area is 346 Å². The maximum absolute atomic E-state index is 12.7. The first kappa shape index (κ1) is 54.5. The van der Waals surface area contributed by atoms with Gasteiger partial charge in [-0.25, -0.2) is 4.57 Å². The minimum absolute atomic E-state index is 0.0831. The van der Waals surface area contributed by atoms with Gasteiger partial charge in [0.1, 0.15) is 19.3 Å². The Morgan fingerprint density at radius 2 is 1.04 bits per heavy atom. The summed E-state index contributed by atoms with van der Waals surface area (Å²) in [4.78, 5) is 22.9. The first-order valence-corrected chi connectivity index (χ1v) is 24.4. The van der Waals surface area contributed by atoms with Crippen molar-refractivity contribution in [2.45, 2.75) is 193 Å². The molecular weight excluding hydrogens is 721 g/mol. The zero-order valence-electron chi connectivity index (χ0n) is 37.1. The van der Waals surface area contributed by atoms with Crippen LogP contribution in [0.3, 0.4) is 0 Å². The molecule has 0 saturated carbocycles. The van der Waals surface area contributed by atoms with Crippen molar-refractivity contribution in [2.24, 2.45) is 0 Å². The lowest BCUT2D eigenvalue weighted by Crippen LogP contribution is -2.37. The molecule has 0 amide bonds. The zero-order valence-corrected chi connectivity index (χ0v) is 38.0. The highest BCUT2D eigenvalue weighted by atomic mass is 31.2. The van der Waals surface area contributed by atoms with E-state index >= 15 is 0 Å². The van der Waals surface area contributed by atoms with Gasteiger partial charge >= 0.3 is 13.8 Å². The monoisotopic (exact) mass is 811 g/mol. The predicted molar refractivity (Wildman–Crippen MR) is 238 cm³/mol. The van der Waals surface area contributed by atoms with Crippen molar-refractivity contribution in [1.82, 2.24) is 0 Å². The van der Waals surface area contributed by atoms with Gasteiger partial charge in [0.2, 0.25) is 0 Å². The number of carbonyl (C=O) groups excluding carboxylic acids is 1. The summed E-state index contributed by atoms with van der Waals surface area (Å²) in [6, 6.07) is 0. The van der Waals surface area contributed by atoms with Crippen LogP contribution in [-0.2, 0) is 27.9 Å². The number of carbonyl (C=O) groups is 1. The van der Waals surface area contributed by atoms with Gasteiger partial charge in [-0.15, -0.1) is 0 Å². The maximum Gasteiger partial charge on any atom is 0.472 e. The second-order valence-corrected chi connectivity index (χ2v) is 17.9. The Bertz CT molecular complexity index is 1040. The van der Waals surface area contributed by atoms with E-state index in [9.17, 15) is 14.3 Å². The lowest BCUT2D eigenvalue weighted by atomic mass is 10.1.